The Kier molecular flexibility index (Phi) is 6.44. The Balaban J connectivity index is 3.53. The molecule has 70 valence electrons. The summed E-state index contributed by atoms with van der Waals surface area (Å²) in [5.41, 5.74) is 0. The monoisotopic (exact) mass is 170 g/mol. The summed E-state index contributed by atoms with van der Waals surface area (Å²) in [5, 5.41) is 0. The van der Waals surface area contributed by atoms with Crippen molar-refractivity contribution in [1.82, 2.24) is 0 Å². The van der Waals surface area contributed by atoms with Crippen LogP contribution in [-0.4, -0.2) is 12.6 Å². The number of esters is 1. The Labute approximate surface area is 74.6 Å². The minimum absolute atomic E-state index is 0.0323. The molecule has 12 heavy (non-hydrogen) atoms. The molecular formula is C10H18O2. The molecule has 0 aromatic heterocycles. The highest BCUT2D eigenvalue weighted by molar-refractivity contribution is 5.71. The van der Waals surface area contributed by atoms with Gasteiger partial charge in [0.05, 0.1) is 5.92 Å². The molecule has 0 aliphatic heterocycles. The largest absolute Gasteiger partial charge is 0.461 e. The number of hydrogen-bond donors (Lipinski definition) is 0. The van der Waals surface area contributed by atoms with Gasteiger partial charge in [-0.3, -0.25) is 4.79 Å². The van der Waals surface area contributed by atoms with Crippen LogP contribution in [0, 0.1) is 5.92 Å². The van der Waals surface area contributed by atoms with E-state index in [0.717, 1.165) is 19.3 Å². The van der Waals surface area contributed by atoms with Crippen LogP contribution in [-0.2, 0) is 9.53 Å². The fourth-order valence-electron chi connectivity index (χ4n) is 0.911. The summed E-state index contributed by atoms with van der Waals surface area (Å²) in [5.74, 6) is -0.0757. The van der Waals surface area contributed by atoms with E-state index in [1.54, 1.807) is 6.08 Å². The molecule has 0 bridgehead atoms. The molecule has 0 saturated carbocycles. The quantitative estimate of drug-likeness (QED) is 0.452. The van der Waals surface area contributed by atoms with E-state index < -0.39 is 0 Å². The Bertz CT molecular complexity index is 141. The van der Waals surface area contributed by atoms with Gasteiger partial charge in [0.15, 0.2) is 0 Å². The van der Waals surface area contributed by atoms with Crippen molar-refractivity contribution in [1.29, 1.82) is 0 Å². The molecule has 2 nitrogen and oxygen atoms in total. The van der Waals surface area contributed by atoms with Crippen LogP contribution in [0.15, 0.2) is 12.7 Å². The summed E-state index contributed by atoms with van der Waals surface area (Å²) in [6.45, 7) is 7.82. The van der Waals surface area contributed by atoms with E-state index in [1.807, 2.05) is 6.92 Å². The number of unbranched alkanes of at least 4 members (excludes halogenated alkanes) is 1. The highest BCUT2D eigenvalue weighted by atomic mass is 16.5. The lowest BCUT2D eigenvalue weighted by Gasteiger charge is -2.08. The van der Waals surface area contributed by atoms with Crippen LogP contribution in [0.5, 0.6) is 0 Å². The normalized spacial score (nSPS) is 12.2. The third-order valence-corrected chi connectivity index (χ3v) is 1.74. The SMILES string of the molecule is C=CCOC(=O)C(C)CCCC. The number of carbonyl (C=O) groups excluding carboxylic acids is 1. The second-order valence-electron chi connectivity index (χ2n) is 2.96. The molecule has 0 aliphatic carbocycles. The van der Waals surface area contributed by atoms with E-state index >= 15 is 0 Å². The second-order valence-corrected chi connectivity index (χ2v) is 2.96. The Morgan fingerprint density at radius 2 is 2.33 bits per heavy atom. The zero-order valence-electron chi connectivity index (χ0n) is 8.01. The van der Waals surface area contributed by atoms with Crippen LogP contribution in [0.1, 0.15) is 33.1 Å². The average molecular weight is 170 g/mol. The van der Waals surface area contributed by atoms with Gasteiger partial charge in [-0.2, -0.15) is 0 Å². The molecule has 0 spiro atoms. The van der Waals surface area contributed by atoms with Crippen molar-refractivity contribution in [2.45, 2.75) is 33.1 Å². The molecule has 0 N–H and O–H groups in total. The maximum Gasteiger partial charge on any atom is 0.308 e. The van der Waals surface area contributed by atoms with Gasteiger partial charge in [-0.25, -0.2) is 0 Å². The second kappa shape index (κ2) is 6.89. The van der Waals surface area contributed by atoms with Gasteiger partial charge >= 0.3 is 5.97 Å². The van der Waals surface area contributed by atoms with E-state index in [0.29, 0.717) is 6.61 Å². The lowest BCUT2D eigenvalue weighted by atomic mass is 10.1. The van der Waals surface area contributed by atoms with Gasteiger partial charge < -0.3 is 4.74 Å². The molecule has 0 aliphatic rings. The molecule has 0 amide bonds. The smallest absolute Gasteiger partial charge is 0.308 e. The van der Waals surface area contributed by atoms with Gasteiger partial charge in [-0.15, -0.1) is 0 Å². The highest BCUT2D eigenvalue weighted by Gasteiger charge is 2.12. The molecule has 0 rings (SSSR count). The van der Waals surface area contributed by atoms with Crippen LogP contribution in [0.3, 0.4) is 0 Å². The lowest BCUT2D eigenvalue weighted by Crippen LogP contribution is -2.14. The zero-order chi connectivity index (χ0) is 9.40. The van der Waals surface area contributed by atoms with Crippen LogP contribution in [0.25, 0.3) is 0 Å². The first-order valence-electron chi connectivity index (χ1n) is 4.49. The minimum Gasteiger partial charge on any atom is -0.461 e. The summed E-state index contributed by atoms with van der Waals surface area (Å²) in [7, 11) is 0. The predicted molar refractivity (Wildman–Crippen MR) is 49.8 cm³/mol. The first kappa shape index (κ1) is 11.2. The highest BCUT2D eigenvalue weighted by Crippen LogP contribution is 2.08. The minimum atomic E-state index is -0.108. The van der Waals surface area contributed by atoms with E-state index in [9.17, 15) is 4.79 Å². The molecule has 0 radical (unpaired) electrons. The standard InChI is InChI=1S/C10H18O2/c1-4-6-7-9(3)10(11)12-8-5-2/h5,9H,2,4,6-8H2,1,3H3. The summed E-state index contributed by atoms with van der Waals surface area (Å²) in [4.78, 5) is 11.1. The Morgan fingerprint density at radius 1 is 1.67 bits per heavy atom. The molecule has 0 heterocycles. The van der Waals surface area contributed by atoms with E-state index in [-0.39, 0.29) is 11.9 Å². The molecule has 1 unspecified atom stereocenters. The molecule has 1 atom stereocenters. The molecule has 0 saturated heterocycles. The molecule has 0 fully saturated rings. The fraction of sp³-hybridized carbons (Fsp3) is 0.700. The maximum atomic E-state index is 11.1. The predicted octanol–water partition coefficient (Wildman–Crippen LogP) is 2.54. The summed E-state index contributed by atoms with van der Waals surface area (Å²) in [6, 6.07) is 0. The van der Waals surface area contributed by atoms with Crippen molar-refractivity contribution in [3.05, 3.63) is 12.7 Å². The summed E-state index contributed by atoms with van der Waals surface area (Å²) >= 11 is 0. The fourth-order valence-corrected chi connectivity index (χ4v) is 0.911. The molecular weight excluding hydrogens is 152 g/mol. The molecule has 2 heteroatoms. The lowest BCUT2D eigenvalue weighted by molar-refractivity contribution is -0.146. The van der Waals surface area contributed by atoms with Gasteiger partial charge in [-0.1, -0.05) is 39.3 Å². The average Bonchev–Trinajstić information content (AvgIpc) is 2.10. The molecule has 0 aromatic rings. The van der Waals surface area contributed by atoms with Crippen molar-refractivity contribution in [3.8, 4) is 0 Å². The number of carbonyl (C=O) groups is 1. The van der Waals surface area contributed by atoms with Crippen molar-refractivity contribution in [2.24, 2.45) is 5.92 Å². The number of hydrogen-bond acceptors (Lipinski definition) is 2. The van der Waals surface area contributed by atoms with Crippen LogP contribution >= 0.6 is 0 Å². The van der Waals surface area contributed by atoms with Crippen LogP contribution < -0.4 is 0 Å². The number of ether oxygens (including phenoxy) is 1. The summed E-state index contributed by atoms with van der Waals surface area (Å²) in [6.07, 6.45) is 4.72. The Hall–Kier alpha value is -0.790. The third kappa shape index (κ3) is 4.94. The zero-order valence-corrected chi connectivity index (χ0v) is 8.01. The molecule has 0 aromatic carbocycles. The van der Waals surface area contributed by atoms with Crippen molar-refractivity contribution in [2.75, 3.05) is 6.61 Å². The van der Waals surface area contributed by atoms with Crippen molar-refractivity contribution in [3.63, 3.8) is 0 Å². The summed E-state index contributed by atoms with van der Waals surface area (Å²) < 4.78 is 4.89. The van der Waals surface area contributed by atoms with Gasteiger partial charge in [0, 0.05) is 0 Å². The van der Waals surface area contributed by atoms with Crippen molar-refractivity contribution >= 4 is 5.97 Å². The van der Waals surface area contributed by atoms with E-state index in [4.69, 9.17) is 4.74 Å². The Morgan fingerprint density at radius 3 is 2.83 bits per heavy atom. The first-order valence-corrected chi connectivity index (χ1v) is 4.49. The van der Waals surface area contributed by atoms with Crippen LogP contribution in [0.4, 0.5) is 0 Å². The topological polar surface area (TPSA) is 26.3 Å². The maximum absolute atomic E-state index is 11.1. The van der Waals surface area contributed by atoms with Gasteiger partial charge in [-0.05, 0) is 6.42 Å². The van der Waals surface area contributed by atoms with Crippen LogP contribution in [0.2, 0.25) is 0 Å². The van der Waals surface area contributed by atoms with E-state index in [2.05, 4.69) is 13.5 Å². The third-order valence-electron chi connectivity index (χ3n) is 1.74. The van der Waals surface area contributed by atoms with E-state index in [1.165, 1.54) is 0 Å². The first-order chi connectivity index (χ1) is 5.72. The van der Waals surface area contributed by atoms with Gasteiger partial charge in [0.2, 0.25) is 0 Å². The van der Waals surface area contributed by atoms with Gasteiger partial charge in [0.1, 0.15) is 6.61 Å². The van der Waals surface area contributed by atoms with Crippen molar-refractivity contribution < 1.29 is 9.53 Å². The van der Waals surface area contributed by atoms with Gasteiger partial charge in [0.25, 0.3) is 0 Å². The number of rotatable bonds is 6.